The van der Waals surface area contributed by atoms with E-state index in [4.69, 9.17) is 17.4 Å². The minimum absolute atomic E-state index is 0.222. The molecular formula is C15H18ClFN4. The number of nitrogens with zero attached hydrogens (tertiary/aromatic N) is 2. The third-order valence-electron chi connectivity index (χ3n) is 3.29. The second kappa shape index (κ2) is 6.37. The Kier molecular flexibility index (Phi) is 4.75. The lowest BCUT2D eigenvalue weighted by molar-refractivity contribution is 0.612. The van der Waals surface area contributed by atoms with Crippen LogP contribution in [0.3, 0.4) is 0 Å². The molecule has 4 nitrogen and oxygen atoms in total. The van der Waals surface area contributed by atoms with Gasteiger partial charge in [0.1, 0.15) is 17.5 Å². The molecule has 0 amide bonds. The highest BCUT2D eigenvalue weighted by atomic mass is 35.5. The second-order valence-electron chi connectivity index (χ2n) is 5.16. The summed E-state index contributed by atoms with van der Waals surface area (Å²) < 4.78 is 13.8. The van der Waals surface area contributed by atoms with E-state index in [0.29, 0.717) is 22.2 Å². The number of nitrogen functional groups attached to an aromatic ring is 1. The first-order valence-corrected chi connectivity index (χ1v) is 7.08. The quantitative estimate of drug-likeness (QED) is 0.669. The first-order valence-electron chi connectivity index (χ1n) is 6.71. The van der Waals surface area contributed by atoms with Crippen LogP contribution in [0.4, 0.5) is 10.2 Å². The van der Waals surface area contributed by atoms with Gasteiger partial charge in [-0.15, -0.1) is 0 Å². The fourth-order valence-electron chi connectivity index (χ4n) is 2.38. The fraction of sp³-hybridized carbons (Fsp3) is 0.333. The maximum absolute atomic E-state index is 13.8. The van der Waals surface area contributed by atoms with Crippen molar-refractivity contribution in [3.63, 3.8) is 0 Å². The molecule has 0 spiro atoms. The molecule has 6 heteroatoms. The maximum Gasteiger partial charge on any atom is 0.147 e. The molecule has 1 aromatic heterocycles. The zero-order valence-electron chi connectivity index (χ0n) is 12.2. The van der Waals surface area contributed by atoms with E-state index in [1.54, 1.807) is 12.1 Å². The number of rotatable bonds is 4. The zero-order valence-corrected chi connectivity index (χ0v) is 13.0. The smallest absolute Gasteiger partial charge is 0.147 e. The average molecular weight is 309 g/mol. The number of aryl methyl sites for hydroxylation is 1. The van der Waals surface area contributed by atoms with Gasteiger partial charge in [0.25, 0.3) is 0 Å². The van der Waals surface area contributed by atoms with Crippen molar-refractivity contribution in [1.29, 1.82) is 0 Å². The van der Waals surface area contributed by atoms with E-state index in [1.165, 1.54) is 6.07 Å². The minimum atomic E-state index is -0.362. The number of benzene rings is 1. The van der Waals surface area contributed by atoms with E-state index in [0.717, 1.165) is 11.3 Å². The van der Waals surface area contributed by atoms with Gasteiger partial charge in [-0.05, 0) is 25.0 Å². The maximum atomic E-state index is 13.8. The Morgan fingerprint density at radius 2 is 2.05 bits per heavy atom. The van der Waals surface area contributed by atoms with Crippen molar-refractivity contribution in [3.8, 4) is 0 Å². The molecule has 0 bridgehead atoms. The van der Waals surface area contributed by atoms with Crippen LogP contribution in [0, 0.1) is 12.7 Å². The summed E-state index contributed by atoms with van der Waals surface area (Å²) in [5.74, 6) is 6.47. The van der Waals surface area contributed by atoms with Gasteiger partial charge in [-0.1, -0.05) is 31.5 Å². The first-order chi connectivity index (χ1) is 9.93. The first kappa shape index (κ1) is 15.7. The number of halogens is 2. The Labute approximate surface area is 128 Å². The SMILES string of the molecule is Cc1nc(Cc2c(F)cccc2Cl)nc(NN)c1C(C)C. The van der Waals surface area contributed by atoms with Gasteiger partial charge in [0.2, 0.25) is 0 Å². The lowest BCUT2D eigenvalue weighted by Gasteiger charge is -2.15. The Balaban J connectivity index is 2.44. The molecule has 2 rings (SSSR count). The van der Waals surface area contributed by atoms with Crippen molar-refractivity contribution in [1.82, 2.24) is 9.97 Å². The molecule has 0 saturated heterocycles. The van der Waals surface area contributed by atoms with Gasteiger partial charge >= 0.3 is 0 Å². The summed E-state index contributed by atoms with van der Waals surface area (Å²) in [6, 6.07) is 4.60. The zero-order chi connectivity index (χ0) is 15.6. The standard InChI is InChI=1S/C15H18ClFN4/c1-8(2)14-9(3)19-13(20-15(14)21-18)7-10-11(16)5-4-6-12(10)17/h4-6,8H,7,18H2,1-3H3,(H,19,20,21). The highest BCUT2D eigenvalue weighted by Gasteiger charge is 2.16. The number of nitrogens with two attached hydrogens (primary N) is 1. The number of anilines is 1. The number of hydrogen-bond acceptors (Lipinski definition) is 4. The molecule has 1 heterocycles. The Morgan fingerprint density at radius 1 is 1.33 bits per heavy atom. The molecular weight excluding hydrogens is 291 g/mol. The lowest BCUT2D eigenvalue weighted by Crippen LogP contribution is -2.16. The highest BCUT2D eigenvalue weighted by molar-refractivity contribution is 6.31. The van der Waals surface area contributed by atoms with Gasteiger partial charge in [-0.25, -0.2) is 20.2 Å². The molecule has 0 fully saturated rings. The van der Waals surface area contributed by atoms with Gasteiger partial charge in [0, 0.05) is 28.3 Å². The summed E-state index contributed by atoms with van der Waals surface area (Å²) >= 11 is 6.04. The third kappa shape index (κ3) is 3.31. The van der Waals surface area contributed by atoms with Crippen molar-refractivity contribution in [2.45, 2.75) is 33.1 Å². The molecule has 0 aliphatic carbocycles. The lowest BCUT2D eigenvalue weighted by atomic mass is 10.0. The van der Waals surface area contributed by atoms with E-state index in [2.05, 4.69) is 15.4 Å². The molecule has 0 unspecified atom stereocenters. The predicted octanol–water partition coefficient (Wildman–Crippen LogP) is 3.58. The van der Waals surface area contributed by atoms with Crippen molar-refractivity contribution < 1.29 is 4.39 Å². The van der Waals surface area contributed by atoms with Gasteiger partial charge in [-0.2, -0.15) is 0 Å². The molecule has 0 radical (unpaired) electrons. The van der Waals surface area contributed by atoms with Crippen LogP contribution in [-0.2, 0) is 6.42 Å². The number of hydrogen-bond donors (Lipinski definition) is 2. The molecule has 2 aromatic rings. The van der Waals surface area contributed by atoms with Crippen LogP contribution in [0.1, 0.15) is 42.4 Å². The van der Waals surface area contributed by atoms with Crippen molar-refractivity contribution in [3.05, 3.63) is 51.7 Å². The second-order valence-corrected chi connectivity index (χ2v) is 5.57. The molecule has 0 atom stereocenters. The largest absolute Gasteiger partial charge is 0.308 e. The van der Waals surface area contributed by atoms with Gasteiger partial charge in [-0.3, -0.25) is 0 Å². The summed E-state index contributed by atoms with van der Waals surface area (Å²) in [5.41, 5.74) is 4.77. The van der Waals surface area contributed by atoms with Crippen LogP contribution >= 0.6 is 11.6 Å². The van der Waals surface area contributed by atoms with Crippen molar-refractivity contribution >= 4 is 17.4 Å². The molecule has 0 saturated carbocycles. The molecule has 1 aromatic carbocycles. The predicted molar refractivity (Wildman–Crippen MR) is 82.9 cm³/mol. The van der Waals surface area contributed by atoms with E-state index in [1.807, 2.05) is 20.8 Å². The van der Waals surface area contributed by atoms with Crippen molar-refractivity contribution in [2.75, 3.05) is 5.43 Å². The van der Waals surface area contributed by atoms with E-state index in [-0.39, 0.29) is 18.2 Å². The normalized spacial score (nSPS) is 11.0. The molecule has 3 N–H and O–H groups in total. The van der Waals surface area contributed by atoms with E-state index in [9.17, 15) is 4.39 Å². The summed E-state index contributed by atoms with van der Waals surface area (Å²) in [6.45, 7) is 5.98. The van der Waals surface area contributed by atoms with E-state index < -0.39 is 0 Å². The minimum Gasteiger partial charge on any atom is -0.308 e. The molecule has 112 valence electrons. The summed E-state index contributed by atoms with van der Waals surface area (Å²) in [7, 11) is 0. The van der Waals surface area contributed by atoms with E-state index >= 15 is 0 Å². The average Bonchev–Trinajstić information content (AvgIpc) is 2.41. The number of nitrogens with one attached hydrogen (secondary N) is 1. The fourth-order valence-corrected chi connectivity index (χ4v) is 2.61. The van der Waals surface area contributed by atoms with Gasteiger partial charge in [0.15, 0.2) is 0 Å². The topological polar surface area (TPSA) is 63.8 Å². The summed E-state index contributed by atoms with van der Waals surface area (Å²) in [6.07, 6.45) is 0.222. The molecule has 21 heavy (non-hydrogen) atoms. The highest BCUT2D eigenvalue weighted by Crippen LogP contribution is 2.26. The number of hydrazine groups is 1. The third-order valence-corrected chi connectivity index (χ3v) is 3.65. The van der Waals surface area contributed by atoms with Gasteiger partial charge in [0.05, 0.1) is 0 Å². The van der Waals surface area contributed by atoms with Crippen LogP contribution in [0.15, 0.2) is 18.2 Å². The summed E-state index contributed by atoms with van der Waals surface area (Å²) in [4.78, 5) is 8.83. The van der Waals surface area contributed by atoms with Crippen LogP contribution in [0.5, 0.6) is 0 Å². The Morgan fingerprint density at radius 3 is 2.62 bits per heavy atom. The Hall–Kier alpha value is -1.72. The van der Waals surface area contributed by atoms with Gasteiger partial charge < -0.3 is 5.43 Å². The Bertz CT molecular complexity index is 638. The summed E-state index contributed by atoms with van der Waals surface area (Å²) in [5, 5.41) is 0.367. The number of aromatic nitrogens is 2. The van der Waals surface area contributed by atoms with Crippen molar-refractivity contribution in [2.24, 2.45) is 5.84 Å². The van der Waals surface area contributed by atoms with Crippen LogP contribution in [0.25, 0.3) is 0 Å². The molecule has 0 aliphatic rings. The van der Waals surface area contributed by atoms with Crippen LogP contribution < -0.4 is 11.3 Å². The monoisotopic (exact) mass is 308 g/mol. The van der Waals surface area contributed by atoms with Crippen LogP contribution in [-0.4, -0.2) is 9.97 Å². The van der Waals surface area contributed by atoms with Crippen LogP contribution in [0.2, 0.25) is 5.02 Å². The molecule has 0 aliphatic heterocycles.